The Kier molecular flexibility index (Phi) is 3.96. The van der Waals surface area contributed by atoms with Crippen molar-refractivity contribution in [2.24, 2.45) is 5.73 Å². The van der Waals surface area contributed by atoms with E-state index in [4.69, 9.17) is 5.73 Å². The third-order valence-corrected chi connectivity index (χ3v) is 4.79. The maximum Gasteiger partial charge on any atom is 0.220 e. The number of thioether (sulfide) groups is 1. The Balaban J connectivity index is 2.62. The van der Waals surface area contributed by atoms with Crippen LogP contribution in [-0.2, 0) is 10.0 Å². The van der Waals surface area contributed by atoms with E-state index in [2.05, 4.69) is 12.2 Å². The van der Waals surface area contributed by atoms with Gasteiger partial charge in [0.1, 0.15) is 5.75 Å². The molecule has 0 atom stereocenters. The van der Waals surface area contributed by atoms with Crippen molar-refractivity contribution in [1.29, 1.82) is 0 Å². The van der Waals surface area contributed by atoms with E-state index in [-0.39, 0.29) is 10.7 Å². The molecule has 1 heterocycles. The van der Waals surface area contributed by atoms with Crippen molar-refractivity contribution < 1.29 is 8.42 Å². The average Bonchev–Trinajstić information content (AvgIpc) is 2.04. The first-order chi connectivity index (χ1) is 6.02. The number of sulfonamides is 1. The van der Waals surface area contributed by atoms with Gasteiger partial charge in [-0.25, -0.2) is 8.42 Å². The van der Waals surface area contributed by atoms with Crippen LogP contribution in [-0.4, -0.2) is 48.1 Å². The second-order valence-electron chi connectivity index (χ2n) is 2.73. The molecule has 1 fully saturated rings. The summed E-state index contributed by atoms with van der Waals surface area (Å²) < 4.78 is 24.6. The summed E-state index contributed by atoms with van der Waals surface area (Å²) in [6.07, 6.45) is 0. The Morgan fingerprint density at radius 2 is 2.00 bits per heavy atom. The zero-order chi connectivity index (χ0) is 9.90. The maximum absolute atomic E-state index is 11.5. The molecule has 0 saturated carbocycles. The molecule has 0 aromatic carbocycles. The lowest BCUT2D eigenvalue weighted by Crippen LogP contribution is -2.41. The van der Waals surface area contributed by atoms with E-state index < -0.39 is 10.0 Å². The second-order valence-corrected chi connectivity index (χ2v) is 6.45. The first kappa shape index (κ1) is 11.2. The molecular formula is C6H12N2O2S3. The van der Waals surface area contributed by atoms with E-state index in [0.717, 1.165) is 11.5 Å². The molecule has 2 N–H and O–H groups in total. The lowest BCUT2D eigenvalue weighted by Gasteiger charge is -2.25. The van der Waals surface area contributed by atoms with Crippen molar-refractivity contribution in [2.75, 3.05) is 30.3 Å². The standard InChI is InChI=1S/C6H12N2O2S3/c7-6(11)5-13(9,10)8-1-3-12-4-2-8/h1-5H2,(H2,7,11). The molecule has 1 aliphatic rings. The van der Waals surface area contributed by atoms with Gasteiger partial charge in [-0.3, -0.25) is 0 Å². The minimum absolute atomic E-state index is 0.0400. The molecular weight excluding hydrogens is 228 g/mol. The fraction of sp³-hybridized carbons (Fsp3) is 0.833. The van der Waals surface area contributed by atoms with E-state index in [9.17, 15) is 8.42 Å². The monoisotopic (exact) mass is 240 g/mol. The summed E-state index contributed by atoms with van der Waals surface area (Å²) in [6.45, 7) is 1.16. The van der Waals surface area contributed by atoms with Crippen LogP contribution in [0.4, 0.5) is 0 Å². The van der Waals surface area contributed by atoms with Crippen molar-refractivity contribution in [3.8, 4) is 0 Å². The normalized spacial score (nSPS) is 20.0. The fourth-order valence-corrected chi connectivity index (χ4v) is 3.96. The fourth-order valence-electron chi connectivity index (χ4n) is 1.10. The highest BCUT2D eigenvalue weighted by molar-refractivity contribution is 7.99. The Morgan fingerprint density at radius 3 is 2.46 bits per heavy atom. The van der Waals surface area contributed by atoms with Crippen LogP contribution in [0.15, 0.2) is 0 Å². The number of thiocarbonyl (C=S) groups is 1. The summed E-state index contributed by atoms with van der Waals surface area (Å²) >= 11 is 6.34. The maximum atomic E-state index is 11.5. The van der Waals surface area contributed by atoms with Crippen molar-refractivity contribution in [2.45, 2.75) is 0 Å². The molecule has 0 aromatic rings. The molecule has 76 valence electrons. The van der Waals surface area contributed by atoms with Crippen molar-refractivity contribution in [3.63, 3.8) is 0 Å². The van der Waals surface area contributed by atoms with E-state index in [1.54, 1.807) is 11.8 Å². The van der Waals surface area contributed by atoms with Gasteiger partial charge in [-0.05, 0) is 0 Å². The van der Waals surface area contributed by atoms with E-state index in [0.29, 0.717) is 13.1 Å². The van der Waals surface area contributed by atoms with Crippen LogP contribution in [0.2, 0.25) is 0 Å². The van der Waals surface area contributed by atoms with Gasteiger partial charge in [0.2, 0.25) is 10.0 Å². The number of hydrogen-bond donors (Lipinski definition) is 1. The van der Waals surface area contributed by atoms with Gasteiger partial charge in [-0.15, -0.1) is 0 Å². The summed E-state index contributed by atoms with van der Waals surface area (Å²) in [6, 6.07) is 0. The molecule has 0 spiro atoms. The van der Waals surface area contributed by atoms with Crippen LogP contribution in [0.25, 0.3) is 0 Å². The molecule has 0 bridgehead atoms. The highest BCUT2D eigenvalue weighted by Gasteiger charge is 2.24. The zero-order valence-corrected chi connectivity index (χ0v) is 9.55. The zero-order valence-electron chi connectivity index (χ0n) is 7.10. The van der Waals surface area contributed by atoms with Crippen LogP contribution in [0, 0.1) is 0 Å². The Bertz CT molecular complexity index is 282. The lowest BCUT2D eigenvalue weighted by molar-refractivity contribution is 0.446. The van der Waals surface area contributed by atoms with Crippen molar-refractivity contribution in [1.82, 2.24) is 4.31 Å². The van der Waals surface area contributed by atoms with Gasteiger partial charge >= 0.3 is 0 Å². The first-order valence-corrected chi connectivity index (χ1v) is 7.03. The number of nitrogens with two attached hydrogens (primary N) is 1. The molecule has 1 aliphatic heterocycles. The van der Waals surface area contributed by atoms with Gasteiger partial charge in [0.25, 0.3) is 0 Å². The SMILES string of the molecule is NC(=S)CS(=O)(=O)N1CCSCC1. The number of hydrogen-bond acceptors (Lipinski definition) is 4. The second kappa shape index (κ2) is 4.59. The quantitative estimate of drug-likeness (QED) is 0.683. The predicted molar refractivity (Wildman–Crippen MR) is 59.5 cm³/mol. The van der Waals surface area contributed by atoms with E-state index >= 15 is 0 Å². The molecule has 13 heavy (non-hydrogen) atoms. The molecule has 0 aromatic heterocycles. The summed E-state index contributed by atoms with van der Waals surface area (Å²) in [7, 11) is -3.23. The van der Waals surface area contributed by atoms with Crippen molar-refractivity contribution >= 4 is 39.0 Å². The minimum Gasteiger partial charge on any atom is -0.392 e. The third kappa shape index (κ3) is 3.41. The largest absolute Gasteiger partial charge is 0.392 e. The van der Waals surface area contributed by atoms with Gasteiger partial charge < -0.3 is 5.73 Å². The predicted octanol–water partition coefficient (Wildman–Crippen LogP) is -0.349. The highest BCUT2D eigenvalue weighted by atomic mass is 32.2. The van der Waals surface area contributed by atoms with Gasteiger partial charge in [0.05, 0.1) is 4.99 Å². The van der Waals surface area contributed by atoms with E-state index in [1.807, 2.05) is 0 Å². The Morgan fingerprint density at radius 1 is 1.46 bits per heavy atom. The molecule has 7 heteroatoms. The molecule has 4 nitrogen and oxygen atoms in total. The van der Waals surface area contributed by atoms with Crippen LogP contribution >= 0.6 is 24.0 Å². The molecule has 0 amide bonds. The van der Waals surface area contributed by atoms with Gasteiger partial charge in [0, 0.05) is 24.6 Å². The smallest absolute Gasteiger partial charge is 0.220 e. The number of rotatable bonds is 3. The molecule has 0 aliphatic carbocycles. The highest BCUT2D eigenvalue weighted by Crippen LogP contribution is 2.13. The van der Waals surface area contributed by atoms with Crippen LogP contribution in [0.1, 0.15) is 0 Å². The Hall–Kier alpha value is 0.150. The third-order valence-electron chi connectivity index (χ3n) is 1.69. The summed E-state index contributed by atoms with van der Waals surface area (Å²) in [5.74, 6) is 1.51. The summed E-state index contributed by atoms with van der Waals surface area (Å²) in [5.41, 5.74) is 5.21. The summed E-state index contributed by atoms with van der Waals surface area (Å²) in [4.78, 5) is 0.0400. The number of nitrogens with zero attached hydrogens (tertiary/aromatic N) is 1. The lowest BCUT2D eigenvalue weighted by atomic mass is 10.6. The van der Waals surface area contributed by atoms with Crippen LogP contribution < -0.4 is 5.73 Å². The molecule has 0 radical (unpaired) electrons. The van der Waals surface area contributed by atoms with Crippen LogP contribution in [0.5, 0.6) is 0 Å². The topological polar surface area (TPSA) is 63.4 Å². The Labute approximate surface area is 87.9 Å². The minimum atomic E-state index is -3.23. The van der Waals surface area contributed by atoms with Crippen molar-refractivity contribution in [3.05, 3.63) is 0 Å². The van der Waals surface area contributed by atoms with Gasteiger partial charge in [0.15, 0.2) is 0 Å². The molecule has 1 saturated heterocycles. The van der Waals surface area contributed by atoms with E-state index in [1.165, 1.54) is 4.31 Å². The first-order valence-electron chi connectivity index (χ1n) is 3.86. The van der Waals surface area contributed by atoms with Crippen LogP contribution in [0.3, 0.4) is 0 Å². The molecule has 1 rings (SSSR count). The summed E-state index contributed by atoms with van der Waals surface area (Å²) in [5, 5.41) is 0. The van der Waals surface area contributed by atoms with Gasteiger partial charge in [-0.1, -0.05) is 12.2 Å². The average molecular weight is 240 g/mol. The van der Waals surface area contributed by atoms with Gasteiger partial charge in [-0.2, -0.15) is 16.1 Å². The molecule has 0 unspecified atom stereocenters.